The van der Waals surface area contributed by atoms with Crippen LogP contribution in [0.25, 0.3) is 0 Å². The van der Waals surface area contributed by atoms with Gasteiger partial charge in [0.25, 0.3) is 10.0 Å². The molecule has 27 heavy (non-hydrogen) atoms. The van der Waals surface area contributed by atoms with Crippen molar-refractivity contribution in [3.05, 3.63) is 83.2 Å². The van der Waals surface area contributed by atoms with Crippen LogP contribution in [0.1, 0.15) is 22.4 Å². The van der Waals surface area contributed by atoms with Crippen LogP contribution < -0.4 is 4.74 Å². The van der Waals surface area contributed by atoms with Gasteiger partial charge in [-0.1, -0.05) is 29.8 Å². The van der Waals surface area contributed by atoms with E-state index in [4.69, 9.17) is 9.47 Å². The molecular weight excluding hydrogens is 362 g/mol. The molecule has 0 spiro atoms. The summed E-state index contributed by atoms with van der Waals surface area (Å²) < 4.78 is 38.3. The SMILES string of the molecule is COc1cccc(COCc2cc(C)cn2S(=O)(=O)c2ccc(C)cc2)c1. The third-order valence-electron chi connectivity index (χ3n) is 4.23. The summed E-state index contributed by atoms with van der Waals surface area (Å²) in [6.45, 7) is 4.35. The Bertz CT molecular complexity index is 1020. The molecule has 0 aliphatic carbocycles. The Morgan fingerprint density at radius 1 is 0.926 bits per heavy atom. The molecule has 0 saturated carbocycles. The third kappa shape index (κ3) is 4.40. The number of nitrogens with zero attached hydrogens (tertiary/aromatic N) is 1. The largest absolute Gasteiger partial charge is 0.497 e. The van der Waals surface area contributed by atoms with Gasteiger partial charge in [-0.3, -0.25) is 0 Å². The van der Waals surface area contributed by atoms with E-state index in [1.807, 2.05) is 44.2 Å². The highest BCUT2D eigenvalue weighted by Crippen LogP contribution is 2.20. The van der Waals surface area contributed by atoms with Crippen LogP contribution in [0, 0.1) is 13.8 Å². The van der Waals surface area contributed by atoms with E-state index >= 15 is 0 Å². The van der Waals surface area contributed by atoms with Crippen molar-refractivity contribution in [2.75, 3.05) is 7.11 Å². The molecule has 5 nitrogen and oxygen atoms in total. The van der Waals surface area contributed by atoms with E-state index in [2.05, 4.69) is 0 Å². The zero-order chi connectivity index (χ0) is 19.4. The zero-order valence-electron chi connectivity index (χ0n) is 15.7. The molecule has 0 bridgehead atoms. The van der Waals surface area contributed by atoms with Crippen LogP contribution in [0.4, 0.5) is 0 Å². The number of rotatable bonds is 7. The maximum atomic E-state index is 13.0. The monoisotopic (exact) mass is 385 g/mol. The van der Waals surface area contributed by atoms with E-state index in [1.54, 1.807) is 37.6 Å². The van der Waals surface area contributed by atoms with E-state index in [-0.39, 0.29) is 11.5 Å². The standard InChI is InChI=1S/C21H23NO4S/c1-16-7-9-21(10-8-16)27(23,24)22-13-17(2)11-19(22)15-26-14-18-5-4-6-20(12-18)25-3/h4-13H,14-15H2,1-3H3. The van der Waals surface area contributed by atoms with Crippen molar-refractivity contribution in [3.8, 4) is 5.75 Å². The van der Waals surface area contributed by atoms with Crippen molar-refractivity contribution >= 4 is 10.0 Å². The van der Waals surface area contributed by atoms with Gasteiger partial charge in [0.15, 0.2) is 0 Å². The molecule has 3 aromatic rings. The predicted molar refractivity (Wildman–Crippen MR) is 104 cm³/mol. The Morgan fingerprint density at radius 3 is 2.37 bits per heavy atom. The quantitative estimate of drug-likeness (QED) is 0.615. The van der Waals surface area contributed by atoms with Crippen molar-refractivity contribution in [2.24, 2.45) is 0 Å². The molecule has 0 unspecified atom stereocenters. The Balaban J connectivity index is 1.78. The predicted octanol–water partition coefficient (Wildman–Crippen LogP) is 4.07. The summed E-state index contributed by atoms with van der Waals surface area (Å²) in [7, 11) is -2.04. The fraction of sp³-hybridized carbons (Fsp3) is 0.238. The molecule has 142 valence electrons. The minimum atomic E-state index is -3.65. The summed E-state index contributed by atoms with van der Waals surface area (Å²) in [4.78, 5) is 0.262. The first-order valence-electron chi connectivity index (χ1n) is 8.61. The Labute approximate surface area is 160 Å². The van der Waals surface area contributed by atoms with Gasteiger partial charge in [-0.25, -0.2) is 12.4 Å². The molecule has 0 N–H and O–H groups in total. The number of methoxy groups -OCH3 is 1. The minimum absolute atomic E-state index is 0.191. The fourth-order valence-electron chi connectivity index (χ4n) is 2.82. The van der Waals surface area contributed by atoms with Gasteiger partial charge in [0, 0.05) is 6.20 Å². The first-order chi connectivity index (χ1) is 12.9. The molecule has 0 fully saturated rings. The molecule has 6 heteroatoms. The van der Waals surface area contributed by atoms with Gasteiger partial charge in [-0.2, -0.15) is 0 Å². The second-order valence-electron chi connectivity index (χ2n) is 6.47. The minimum Gasteiger partial charge on any atom is -0.497 e. The topological polar surface area (TPSA) is 57.5 Å². The Kier molecular flexibility index (Phi) is 5.68. The lowest BCUT2D eigenvalue weighted by molar-refractivity contribution is 0.104. The Morgan fingerprint density at radius 2 is 1.67 bits per heavy atom. The lowest BCUT2D eigenvalue weighted by Gasteiger charge is -2.11. The van der Waals surface area contributed by atoms with Crippen LogP contribution in [0.5, 0.6) is 5.75 Å². The molecule has 3 rings (SSSR count). The van der Waals surface area contributed by atoms with Crippen molar-refractivity contribution < 1.29 is 17.9 Å². The van der Waals surface area contributed by atoms with Crippen LogP contribution in [0.15, 0.2) is 65.7 Å². The van der Waals surface area contributed by atoms with Gasteiger partial charge in [0.05, 0.1) is 30.9 Å². The average Bonchev–Trinajstić information content (AvgIpc) is 3.04. The molecule has 0 saturated heterocycles. The smallest absolute Gasteiger partial charge is 0.267 e. The number of hydrogen-bond acceptors (Lipinski definition) is 4. The molecule has 0 aliphatic heterocycles. The van der Waals surface area contributed by atoms with Crippen molar-refractivity contribution in [2.45, 2.75) is 32.0 Å². The maximum Gasteiger partial charge on any atom is 0.267 e. The number of aromatic nitrogens is 1. The lowest BCUT2D eigenvalue weighted by atomic mass is 10.2. The third-order valence-corrected chi connectivity index (χ3v) is 5.95. The molecule has 1 aromatic heterocycles. The molecular formula is C21H23NO4S. The van der Waals surface area contributed by atoms with E-state index in [0.29, 0.717) is 12.3 Å². The summed E-state index contributed by atoms with van der Waals surface area (Å²) in [5.74, 6) is 0.761. The van der Waals surface area contributed by atoms with Crippen LogP contribution in [0.3, 0.4) is 0 Å². The maximum absolute atomic E-state index is 13.0. The van der Waals surface area contributed by atoms with E-state index in [9.17, 15) is 8.42 Å². The first kappa shape index (κ1) is 19.2. The number of ether oxygens (including phenoxy) is 2. The summed E-state index contributed by atoms with van der Waals surface area (Å²) in [6, 6.07) is 16.3. The molecule has 0 atom stereocenters. The molecule has 1 heterocycles. The average molecular weight is 385 g/mol. The van der Waals surface area contributed by atoms with Crippen LogP contribution in [-0.4, -0.2) is 19.5 Å². The highest BCUT2D eigenvalue weighted by Gasteiger charge is 2.20. The van der Waals surface area contributed by atoms with E-state index < -0.39 is 10.0 Å². The lowest BCUT2D eigenvalue weighted by Crippen LogP contribution is -2.15. The molecule has 0 aliphatic rings. The van der Waals surface area contributed by atoms with Crippen molar-refractivity contribution in [3.63, 3.8) is 0 Å². The highest BCUT2D eigenvalue weighted by atomic mass is 32.2. The number of hydrogen-bond donors (Lipinski definition) is 0. The van der Waals surface area contributed by atoms with Crippen LogP contribution in [-0.2, 0) is 28.0 Å². The van der Waals surface area contributed by atoms with E-state index in [1.165, 1.54) is 3.97 Å². The van der Waals surface area contributed by atoms with Crippen molar-refractivity contribution in [1.82, 2.24) is 3.97 Å². The van der Waals surface area contributed by atoms with Crippen molar-refractivity contribution in [1.29, 1.82) is 0 Å². The molecule has 2 aromatic carbocycles. The number of benzene rings is 2. The second kappa shape index (κ2) is 7.98. The highest BCUT2D eigenvalue weighted by molar-refractivity contribution is 7.90. The molecule has 0 amide bonds. The second-order valence-corrected chi connectivity index (χ2v) is 8.28. The normalized spacial score (nSPS) is 11.5. The molecule has 0 radical (unpaired) electrons. The van der Waals surface area contributed by atoms with Crippen LogP contribution in [0.2, 0.25) is 0 Å². The summed E-state index contributed by atoms with van der Waals surface area (Å²) in [5, 5.41) is 0. The summed E-state index contributed by atoms with van der Waals surface area (Å²) in [5.41, 5.74) is 3.44. The Hall–Kier alpha value is -2.57. The summed E-state index contributed by atoms with van der Waals surface area (Å²) in [6.07, 6.45) is 1.62. The first-order valence-corrected chi connectivity index (χ1v) is 10.0. The van der Waals surface area contributed by atoms with Gasteiger partial charge in [0.2, 0.25) is 0 Å². The zero-order valence-corrected chi connectivity index (χ0v) is 16.5. The van der Waals surface area contributed by atoms with Gasteiger partial charge in [0.1, 0.15) is 5.75 Å². The fourth-order valence-corrected chi connectivity index (χ4v) is 4.25. The van der Waals surface area contributed by atoms with Gasteiger partial charge < -0.3 is 9.47 Å². The van der Waals surface area contributed by atoms with Gasteiger partial charge >= 0.3 is 0 Å². The van der Waals surface area contributed by atoms with E-state index in [0.717, 1.165) is 22.4 Å². The van der Waals surface area contributed by atoms with Crippen LogP contribution >= 0.6 is 0 Å². The summed E-state index contributed by atoms with van der Waals surface area (Å²) >= 11 is 0. The number of aryl methyl sites for hydroxylation is 2. The van der Waals surface area contributed by atoms with Gasteiger partial charge in [-0.05, 0) is 55.3 Å². The van der Waals surface area contributed by atoms with Gasteiger partial charge in [-0.15, -0.1) is 0 Å².